The van der Waals surface area contributed by atoms with Gasteiger partial charge < -0.3 is 10.5 Å². The van der Waals surface area contributed by atoms with Crippen LogP contribution in [0.3, 0.4) is 0 Å². The molecule has 1 aliphatic rings. The van der Waals surface area contributed by atoms with E-state index < -0.39 is 0 Å². The van der Waals surface area contributed by atoms with E-state index in [0.29, 0.717) is 16.8 Å². The van der Waals surface area contributed by atoms with Crippen LogP contribution in [0.2, 0.25) is 0 Å². The monoisotopic (exact) mass is 343 g/mol. The highest BCUT2D eigenvalue weighted by atomic mass is 79.9. The summed E-state index contributed by atoms with van der Waals surface area (Å²) in [6.45, 7) is 0. The summed E-state index contributed by atoms with van der Waals surface area (Å²) in [4.78, 5) is 0. The molecule has 2 nitrogen and oxygen atoms in total. The van der Waals surface area contributed by atoms with Crippen LogP contribution in [0.15, 0.2) is 22.7 Å². The standard InChI is InChI=1S/C16H23BrFNO/c1-20-16(11-6-3-2-4-7-11)14(19)10-12-8-5-9-13(18)15(12)17/h5,8-9,11,14,16H,2-4,6-7,10,19H2,1H3. The van der Waals surface area contributed by atoms with E-state index >= 15 is 0 Å². The molecule has 2 rings (SSSR count). The van der Waals surface area contributed by atoms with Gasteiger partial charge in [-0.25, -0.2) is 4.39 Å². The Morgan fingerprint density at radius 2 is 2.05 bits per heavy atom. The lowest BCUT2D eigenvalue weighted by Crippen LogP contribution is -2.43. The lowest BCUT2D eigenvalue weighted by Gasteiger charge is -2.33. The van der Waals surface area contributed by atoms with E-state index in [1.54, 1.807) is 13.2 Å². The molecule has 20 heavy (non-hydrogen) atoms. The van der Waals surface area contributed by atoms with Gasteiger partial charge in [0.25, 0.3) is 0 Å². The first-order chi connectivity index (χ1) is 9.63. The first-order valence-corrected chi connectivity index (χ1v) is 8.14. The first-order valence-electron chi connectivity index (χ1n) is 7.34. The molecule has 2 atom stereocenters. The van der Waals surface area contributed by atoms with Crippen LogP contribution in [0.25, 0.3) is 0 Å². The molecular weight excluding hydrogens is 321 g/mol. The molecule has 0 aromatic heterocycles. The molecule has 2 unspecified atom stereocenters. The number of rotatable bonds is 5. The number of halogens is 2. The van der Waals surface area contributed by atoms with Crippen molar-refractivity contribution in [2.45, 2.75) is 50.7 Å². The molecule has 112 valence electrons. The fourth-order valence-corrected chi connectivity index (χ4v) is 3.68. The van der Waals surface area contributed by atoms with Gasteiger partial charge in [-0.2, -0.15) is 0 Å². The average Bonchev–Trinajstić information content (AvgIpc) is 2.46. The summed E-state index contributed by atoms with van der Waals surface area (Å²) in [5, 5.41) is 0. The largest absolute Gasteiger partial charge is 0.380 e. The molecule has 1 aromatic rings. The molecule has 1 saturated carbocycles. The van der Waals surface area contributed by atoms with E-state index in [2.05, 4.69) is 15.9 Å². The Morgan fingerprint density at radius 1 is 1.35 bits per heavy atom. The fraction of sp³-hybridized carbons (Fsp3) is 0.625. The van der Waals surface area contributed by atoms with Crippen LogP contribution in [-0.2, 0) is 11.2 Å². The summed E-state index contributed by atoms with van der Waals surface area (Å²) >= 11 is 3.30. The van der Waals surface area contributed by atoms with Crippen molar-refractivity contribution in [3.05, 3.63) is 34.1 Å². The Hall–Kier alpha value is -0.450. The van der Waals surface area contributed by atoms with Crippen LogP contribution in [0, 0.1) is 11.7 Å². The van der Waals surface area contributed by atoms with E-state index in [0.717, 1.165) is 5.56 Å². The summed E-state index contributed by atoms with van der Waals surface area (Å²) in [6.07, 6.45) is 6.92. The molecular formula is C16H23BrFNO. The Kier molecular flexibility index (Phi) is 6.00. The molecule has 0 radical (unpaired) electrons. The fourth-order valence-electron chi connectivity index (χ4n) is 3.26. The summed E-state index contributed by atoms with van der Waals surface area (Å²) in [5.41, 5.74) is 7.25. The van der Waals surface area contributed by atoms with Crippen LogP contribution in [0.4, 0.5) is 4.39 Å². The molecule has 0 amide bonds. The minimum Gasteiger partial charge on any atom is -0.380 e. The second-order valence-corrected chi connectivity index (χ2v) is 6.47. The zero-order chi connectivity index (χ0) is 14.5. The normalized spacial score (nSPS) is 19.8. The Bertz CT molecular complexity index is 434. The van der Waals surface area contributed by atoms with E-state index in [1.807, 2.05) is 6.07 Å². The number of methoxy groups -OCH3 is 1. The predicted octanol–water partition coefficient (Wildman–Crippen LogP) is 4.05. The summed E-state index contributed by atoms with van der Waals surface area (Å²) in [6, 6.07) is 5.00. The topological polar surface area (TPSA) is 35.2 Å². The Morgan fingerprint density at radius 3 is 2.70 bits per heavy atom. The molecule has 1 aromatic carbocycles. The van der Waals surface area contributed by atoms with Gasteiger partial charge in [-0.05, 0) is 52.7 Å². The number of hydrogen-bond donors (Lipinski definition) is 1. The SMILES string of the molecule is COC(C(N)Cc1cccc(F)c1Br)C1CCCCC1. The van der Waals surface area contributed by atoms with Crippen molar-refractivity contribution in [3.63, 3.8) is 0 Å². The maximum Gasteiger partial charge on any atom is 0.137 e. The van der Waals surface area contributed by atoms with Gasteiger partial charge in [0.15, 0.2) is 0 Å². The third-order valence-electron chi connectivity index (χ3n) is 4.30. The van der Waals surface area contributed by atoms with Crippen LogP contribution < -0.4 is 5.73 Å². The quantitative estimate of drug-likeness (QED) is 0.875. The maximum absolute atomic E-state index is 13.5. The summed E-state index contributed by atoms with van der Waals surface area (Å²) in [7, 11) is 1.74. The van der Waals surface area contributed by atoms with Gasteiger partial charge >= 0.3 is 0 Å². The lowest BCUT2D eigenvalue weighted by molar-refractivity contribution is 0.0178. The van der Waals surface area contributed by atoms with Crippen molar-refractivity contribution in [3.8, 4) is 0 Å². The minimum atomic E-state index is -0.235. The summed E-state index contributed by atoms with van der Waals surface area (Å²) in [5.74, 6) is 0.303. The Balaban J connectivity index is 2.04. The van der Waals surface area contributed by atoms with Crippen LogP contribution in [-0.4, -0.2) is 19.3 Å². The second kappa shape index (κ2) is 7.53. The molecule has 0 spiro atoms. The van der Waals surface area contributed by atoms with Gasteiger partial charge in [0.1, 0.15) is 5.82 Å². The van der Waals surface area contributed by atoms with Gasteiger partial charge in [0.05, 0.1) is 10.6 Å². The highest BCUT2D eigenvalue weighted by molar-refractivity contribution is 9.10. The van der Waals surface area contributed by atoms with Gasteiger partial charge in [-0.1, -0.05) is 31.4 Å². The van der Waals surface area contributed by atoms with E-state index in [-0.39, 0.29) is 18.0 Å². The van der Waals surface area contributed by atoms with Crippen LogP contribution in [0.5, 0.6) is 0 Å². The highest BCUT2D eigenvalue weighted by Gasteiger charge is 2.29. The zero-order valence-electron chi connectivity index (χ0n) is 11.9. The molecule has 0 heterocycles. The van der Waals surface area contributed by atoms with Gasteiger partial charge in [-0.15, -0.1) is 0 Å². The molecule has 1 fully saturated rings. The molecule has 2 N–H and O–H groups in total. The van der Waals surface area contributed by atoms with Crippen molar-refractivity contribution in [1.29, 1.82) is 0 Å². The summed E-state index contributed by atoms with van der Waals surface area (Å²) < 4.78 is 19.7. The van der Waals surface area contributed by atoms with Crippen LogP contribution in [0.1, 0.15) is 37.7 Å². The number of benzene rings is 1. The Labute approximate surface area is 129 Å². The van der Waals surface area contributed by atoms with Crippen molar-refractivity contribution in [2.75, 3.05) is 7.11 Å². The molecule has 0 saturated heterocycles. The number of ether oxygens (including phenoxy) is 1. The lowest BCUT2D eigenvalue weighted by atomic mass is 9.81. The minimum absolute atomic E-state index is 0.0606. The van der Waals surface area contributed by atoms with E-state index in [1.165, 1.54) is 38.2 Å². The third kappa shape index (κ3) is 3.80. The van der Waals surface area contributed by atoms with Crippen molar-refractivity contribution < 1.29 is 9.13 Å². The second-order valence-electron chi connectivity index (χ2n) is 5.68. The smallest absolute Gasteiger partial charge is 0.137 e. The highest BCUT2D eigenvalue weighted by Crippen LogP contribution is 2.30. The van der Waals surface area contributed by atoms with Gasteiger partial charge in [-0.3, -0.25) is 0 Å². The average molecular weight is 344 g/mol. The molecule has 4 heteroatoms. The molecule has 0 bridgehead atoms. The van der Waals surface area contributed by atoms with Crippen LogP contribution >= 0.6 is 15.9 Å². The number of nitrogens with two attached hydrogens (primary N) is 1. The van der Waals surface area contributed by atoms with E-state index in [4.69, 9.17) is 10.5 Å². The molecule has 0 aliphatic heterocycles. The van der Waals surface area contributed by atoms with Crippen molar-refractivity contribution >= 4 is 15.9 Å². The van der Waals surface area contributed by atoms with Gasteiger partial charge in [0.2, 0.25) is 0 Å². The maximum atomic E-state index is 13.5. The van der Waals surface area contributed by atoms with E-state index in [9.17, 15) is 4.39 Å². The molecule has 1 aliphatic carbocycles. The van der Waals surface area contributed by atoms with Crippen molar-refractivity contribution in [1.82, 2.24) is 0 Å². The number of hydrogen-bond acceptors (Lipinski definition) is 2. The van der Waals surface area contributed by atoms with Crippen molar-refractivity contribution in [2.24, 2.45) is 11.7 Å². The first kappa shape index (κ1) is 15.9. The third-order valence-corrected chi connectivity index (χ3v) is 5.18. The zero-order valence-corrected chi connectivity index (χ0v) is 13.5. The predicted molar refractivity (Wildman–Crippen MR) is 83.2 cm³/mol. The van der Waals surface area contributed by atoms with Gasteiger partial charge in [0, 0.05) is 13.2 Å².